The molecule has 2 aliphatic heterocycles. The predicted molar refractivity (Wildman–Crippen MR) is 134 cm³/mol. The summed E-state index contributed by atoms with van der Waals surface area (Å²) in [6.45, 7) is 11.1. The molecule has 30 heavy (non-hydrogen) atoms. The van der Waals surface area contributed by atoms with Crippen LogP contribution in [0.5, 0.6) is 0 Å². The summed E-state index contributed by atoms with van der Waals surface area (Å²) in [4.78, 5) is 20.4. The van der Waals surface area contributed by atoms with Gasteiger partial charge in [-0.15, -0.1) is 37.2 Å². The normalized spacial score (nSPS) is 19.8. The fourth-order valence-corrected chi connectivity index (χ4v) is 4.79. The molecule has 8 heteroatoms. The Bertz CT molecular complexity index is 631. The molecule has 1 aromatic rings. The van der Waals surface area contributed by atoms with Gasteiger partial charge in [0.05, 0.1) is 5.41 Å². The van der Waals surface area contributed by atoms with Crippen molar-refractivity contribution in [2.45, 2.75) is 38.0 Å². The average Bonchev–Trinajstić information content (AvgIpc) is 2.69. The van der Waals surface area contributed by atoms with E-state index in [-0.39, 0.29) is 42.6 Å². The maximum atomic E-state index is 12.9. The van der Waals surface area contributed by atoms with Crippen molar-refractivity contribution in [3.63, 3.8) is 0 Å². The van der Waals surface area contributed by atoms with E-state index in [4.69, 9.17) is 11.6 Å². The Labute approximate surface area is 205 Å². The molecule has 0 unspecified atom stereocenters. The minimum absolute atomic E-state index is 0. The van der Waals surface area contributed by atoms with Crippen LogP contribution in [0.4, 0.5) is 0 Å². The highest BCUT2D eigenvalue weighted by molar-refractivity contribution is 6.30. The summed E-state index contributed by atoms with van der Waals surface area (Å²) in [5.41, 5.74) is 0.770. The van der Waals surface area contributed by atoms with E-state index in [1.54, 1.807) is 0 Å². The van der Waals surface area contributed by atoms with Gasteiger partial charge in [0.2, 0.25) is 0 Å². The largest absolute Gasteiger partial charge is 0.304 e. The van der Waals surface area contributed by atoms with Crippen molar-refractivity contribution in [3.8, 4) is 0 Å². The fourth-order valence-electron chi connectivity index (χ4n) is 4.60. The second-order valence-electron chi connectivity index (χ2n) is 8.21. The van der Waals surface area contributed by atoms with E-state index in [2.05, 4.69) is 27.8 Å². The maximum Gasteiger partial charge on any atom is 0.143 e. The molecule has 0 aromatic heterocycles. The molecular formula is C22H37Cl4N3O. The second-order valence-corrected chi connectivity index (χ2v) is 8.65. The van der Waals surface area contributed by atoms with Crippen LogP contribution in [0.2, 0.25) is 5.02 Å². The molecule has 174 valence electrons. The van der Waals surface area contributed by atoms with Gasteiger partial charge in [0, 0.05) is 37.6 Å². The van der Waals surface area contributed by atoms with Crippen LogP contribution in [0.25, 0.3) is 0 Å². The molecular weight excluding hydrogens is 464 g/mol. The number of likely N-dealkylation sites (tertiary alicyclic amines) is 1. The molecule has 0 radical (unpaired) electrons. The summed E-state index contributed by atoms with van der Waals surface area (Å²) < 4.78 is 0. The number of rotatable bonds is 7. The molecule has 0 N–H and O–H groups in total. The van der Waals surface area contributed by atoms with Gasteiger partial charge >= 0.3 is 0 Å². The molecule has 2 saturated heterocycles. The van der Waals surface area contributed by atoms with Crippen LogP contribution in [-0.2, 0) is 10.2 Å². The van der Waals surface area contributed by atoms with Gasteiger partial charge in [-0.3, -0.25) is 4.79 Å². The van der Waals surface area contributed by atoms with E-state index in [0.717, 1.165) is 43.1 Å². The summed E-state index contributed by atoms with van der Waals surface area (Å²) in [5.74, 6) is 0.363. The Hall–Kier alpha value is -0.0700. The Morgan fingerprint density at radius 1 is 0.967 bits per heavy atom. The Morgan fingerprint density at radius 3 is 2.07 bits per heavy atom. The van der Waals surface area contributed by atoms with Crippen LogP contribution >= 0.6 is 48.8 Å². The zero-order valence-corrected chi connectivity index (χ0v) is 21.4. The van der Waals surface area contributed by atoms with Crippen LogP contribution in [-0.4, -0.2) is 79.9 Å². The van der Waals surface area contributed by atoms with Gasteiger partial charge in [-0.25, -0.2) is 0 Å². The van der Waals surface area contributed by atoms with Crippen LogP contribution in [0.1, 0.15) is 38.2 Å². The quantitative estimate of drug-likeness (QED) is 0.548. The maximum absolute atomic E-state index is 12.9. The minimum Gasteiger partial charge on any atom is -0.304 e. The second kappa shape index (κ2) is 14.2. The molecule has 0 bridgehead atoms. The molecule has 2 fully saturated rings. The molecule has 2 aliphatic rings. The fraction of sp³-hybridized carbons (Fsp3) is 0.682. The molecule has 1 aromatic carbocycles. The van der Waals surface area contributed by atoms with Crippen molar-refractivity contribution in [3.05, 3.63) is 34.9 Å². The number of likely N-dealkylation sites (N-methyl/N-ethyl adjacent to an activating group) is 1. The summed E-state index contributed by atoms with van der Waals surface area (Å²) in [6, 6.07) is 7.95. The number of Topliss-reactive ketones (excluding diaryl/α,β-unsaturated/α-hetero) is 1. The van der Waals surface area contributed by atoms with E-state index in [0.29, 0.717) is 12.2 Å². The number of carbonyl (C=O) groups is 1. The van der Waals surface area contributed by atoms with E-state index >= 15 is 0 Å². The van der Waals surface area contributed by atoms with Gasteiger partial charge < -0.3 is 14.7 Å². The summed E-state index contributed by atoms with van der Waals surface area (Å²) in [7, 11) is 2.20. The smallest absolute Gasteiger partial charge is 0.143 e. The Kier molecular flexibility index (Phi) is 14.1. The lowest BCUT2D eigenvalue weighted by Crippen LogP contribution is -2.48. The highest BCUT2D eigenvalue weighted by Gasteiger charge is 2.41. The zero-order valence-electron chi connectivity index (χ0n) is 18.1. The minimum atomic E-state index is -0.340. The number of piperidine rings is 1. The lowest BCUT2D eigenvalue weighted by Gasteiger charge is -2.41. The highest BCUT2D eigenvalue weighted by Crippen LogP contribution is 2.38. The number of piperazine rings is 1. The number of hydrogen-bond donors (Lipinski definition) is 0. The summed E-state index contributed by atoms with van der Waals surface area (Å²) in [6.07, 6.45) is 3.63. The molecule has 4 nitrogen and oxygen atoms in total. The number of ketones is 1. The van der Waals surface area contributed by atoms with Crippen molar-refractivity contribution in [1.29, 1.82) is 0 Å². The third kappa shape index (κ3) is 7.51. The van der Waals surface area contributed by atoms with Gasteiger partial charge in [0.25, 0.3) is 0 Å². The van der Waals surface area contributed by atoms with E-state index in [1.807, 2.05) is 25.1 Å². The van der Waals surface area contributed by atoms with E-state index in [1.165, 1.54) is 39.1 Å². The molecule has 3 rings (SSSR count). The van der Waals surface area contributed by atoms with Gasteiger partial charge in [-0.05, 0) is 70.2 Å². The SMILES string of the molecule is CCC(=O)C1(c2cccc(Cl)c2)CCN(CCCN2CCN(C)CC2)CC1.Cl.Cl.Cl. The number of nitrogens with zero attached hydrogens (tertiary/aromatic N) is 3. The average molecular weight is 501 g/mol. The predicted octanol–water partition coefficient (Wildman–Crippen LogP) is 4.56. The number of halogens is 4. The first-order valence-electron chi connectivity index (χ1n) is 10.5. The van der Waals surface area contributed by atoms with Gasteiger partial charge in [-0.1, -0.05) is 30.7 Å². The van der Waals surface area contributed by atoms with Crippen LogP contribution in [0.3, 0.4) is 0 Å². The van der Waals surface area contributed by atoms with Gasteiger partial charge in [0.1, 0.15) is 5.78 Å². The Balaban J connectivity index is 0.00000280. The van der Waals surface area contributed by atoms with Crippen LogP contribution in [0.15, 0.2) is 24.3 Å². The lowest BCUT2D eigenvalue weighted by molar-refractivity contribution is -0.126. The zero-order chi connectivity index (χ0) is 19.3. The third-order valence-corrected chi connectivity index (χ3v) is 6.72. The topological polar surface area (TPSA) is 26.8 Å². The van der Waals surface area contributed by atoms with Crippen molar-refractivity contribution < 1.29 is 4.79 Å². The molecule has 0 amide bonds. The summed E-state index contributed by atoms with van der Waals surface area (Å²) in [5, 5.41) is 0.727. The van der Waals surface area contributed by atoms with Crippen molar-refractivity contribution >= 4 is 54.6 Å². The van der Waals surface area contributed by atoms with Crippen molar-refractivity contribution in [2.24, 2.45) is 0 Å². The third-order valence-electron chi connectivity index (χ3n) is 6.49. The van der Waals surface area contributed by atoms with Crippen LogP contribution in [0, 0.1) is 0 Å². The van der Waals surface area contributed by atoms with Gasteiger partial charge in [0.15, 0.2) is 0 Å². The molecule has 0 saturated carbocycles. The summed E-state index contributed by atoms with van der Waals surface area (Å²) >= 11 is 6.22. The number of hydrogen-bond acceptors (Lipinski definition) is 4. The first kappa shape index (κ1) is 29.9. The van der Waals surface area contributed by atoms with Crippen molar-refractivity contribution in [1.82, 2.24) is 14.7 Å². The van der Waals surface area contributed by atoms with Crippen LogP contribution < -0.4 is 0 Å². The molecule has 0 spiro atoms. The molecule has 0 aliphatic carbocycles. The van der Waals surface area contributed by atoms with Gasteiger partial charge in [-0.2, -0.15) is 0 Å². The standard InChI is InChI=1S/C22H34ClN3O.3ClH/c1-3-21(27)22(19-6-4-7-20(23)18-19)8-12-25(13-9-22)10-5-11-26-16-14-24(2)15-17-26;;;/h4,6-7,18H,3,5,8-17H2,1-2H3;3*1H. The van der Waals surface area contributed by atoms with E-state index < -0.39 is 0 Å². The molecule has 2 heterocycles. The first-order valence-corrected chi connectivity index (χ1v) is 10.8. The number of carbonyl (C=O) groups excluding carboxylic acids is 1. The van der Waals surface area contributed by atoms with E-state index in [9.17, 15) is 4.79 Å². The number of benzene rings is 1. The monoisotopic (exact) mass is 499 g/mol. The lowest BCUT2D eigenvalue weighted by atomic mass is 9.69. The molecule has 0 atom stereocenters. The van der Waals surface area contributed by atoms with Crippen molar-refractivity contribution in [2.75, 3.05) is 59.4 Å². The Morgan fingerprint density at radius 2 is 1.53 bits per heavy atom. The highest BCUT2D eigenvalue weighted by atomic mass is 35.5. The first-order chi connectivity index (χ1) is 13.0.